The maximum atomic E-state index is 11.4. The molecular formula is C12H24N2O3. The Bertz CT molecular complexity index is 269. The van der Waals surface area contributed by atoms with Crippen LogP contribution in [0.5, 0.6) is 0 Å². The molecular weight excluding hydrogens is 220 g/mol. The minimum atomic E-state index is -0.474. The van der Waals surface area contributed by atoms with E-state index in [2.05, 4.69) is 5.32 Å². The van der Waals surface area contributed by atoms with Gasteiger partial charge in [0, 0.05) is 6.54 Å². The van der Waals surface area contributed by atoms with Crippen molar-refractivity contribution < 1.29 is 14.3 Å². The lowest BCUT2D eigenvalue weighted by Gasteiger charge is -2.21. The van der Waals surface area contributed by atoms with Gasteiger partial charge in [0.1, 0.15) is 5.60 Å². The Labute approximate surface area is 103 Å². The summed E-state index contributed by atoms with van der Waals surface area (Å²) in [5.41, 5.74) is 4.76. The number of esters is 1. The Morgan fingerprint density at radius 3 is 2.18 bits per heavy atom. The summed E-state index contributed by atoms with van der Waals surface area (Å²) in [6.07, 6.45) is 0.230. The minimum absolute atomic E-state index is 0.103. The van der Waals surface area contributed by atoms with Gasteiger partial charge >= 0.3 is 5.97 Å². The quantitative estimate of drug-likeness (QED) is 0.678. The first-order valence-corrected chi connectivity index (χ1v) is 5.88. The van der Waals surface area contributed by atoms with Crippen molar-refractivity contribution in [3.8, 4) is 0 Å². The van der Waals surface area contributed by atoms with Crippen LogP contribution in [0.25, 0.3) is 0 Å². The van der Waals surface area contributed by atoms with Crippen LogP contribution in [0.15, 0.2) is 0 Å². The largest absolute Gasteiger partial charge is 0.460 e. The molecule has 5 heteroatoms. The molecule has 0 radical (unpaired) electrons. The molecule has 100 valence electrons. The first-order chi connectivity index (χ1) is 7.63. The second-order valence-electron chi connectivity index (χ2n) is 5.41. The van der Waals surface area contributed by atoms with Crippen LogP contribution in [0, 0.1) is 5.92 Å². The minimum Gasteiger partial charge on any atom is -0.460 e. The molecule has 0 aliphatic carbocycles. The van der Waals surface area contributed by atoms with Crippen LogP contribution < -0.4 is 11.1 Å². The highest BCUT2D eigenvalue weighted by Crippen LogP contribution is 2.08. The molecule has 0 aromatic carbocycles. The van der Waals surface area contributed by atoms with E-state index in [1.54, 1.807) is 0 Å². The van der Waals surface area contributed by atoms with Crippen molar-refractivity contribution in [3.63, 3.8) is 0 Å². The van der Waals surface area contributed by atoms with E-state index < -0.39 is 17.6 Å². The molecule has 1 unspecified atom stereocenters. The van der Waals surface area contributed by atoms with Gasteiger partial charge in [-0.2, -0.15) is 0 Å². The Balaban J connectivity index is 3.98. The van der Waals surface area contributed by atoms with Crippen molar-refractivity contribution in [2.24, 2.45) is 11.7 Å². The molecule has 0 saturated heterocycles. The van der Waals surface area contributed by atoms with Gasteiger partial charge in [0.05, 0.1) is 12.5 Å². The standard InChI is InChI=1S/C12H24N2O3/c1-8(2)10(11(13)16)14-7-6-9(15)17-12(3,4)5/h8,10,14H,6-7H2,1-5H3,(H2,13,16). The molecule has 1 atom stereocenters. The van der Waals surface area contributed by atoms with Crippen molar-refractivity contribution in [2.75, 3.05) is 6.54 Å². The number of primary amides is 1. The molecule has 0 aliphatic rings. The summed E-state index contributed by atoms with van der Waals surface area (Å²) in [4.78, 5) is 22.5. The summed E-state index contributed by atoms with van der Waals surface area (Å²) in [6, 6.07) is -0.405. The van der Waals surface area contributed by atoms with Gasteiger partial charge in [-0.25, -0.2) is 0 Å². The van der Waals surface area contributed by atoms with E-state index in [9.17, 15) is 9.59 Å². The monoisotopic (exact) mass is 244 g/mol. The second-order valence-corrected chi connectivity index (χ2v) is 5.41. The first kappa shape index (κ1) is 15.9. The van der Waals surface area contributed by atoms with E-state index in [1.165, 1.54) is 0 Å². The molecule has 1 amide bonds. The average Bonchev–Trinajstić information content (AvgIpc) is 2.07. The number of carbonyl (C=O) groups excluding carboxylic acids is 2. The van der Waals surface area contributed by atoms with Crippen LogP contribution in [0.2, 0.25) is 0 Å². The van der Waals surface area contributed by atoms with Crippen LogP contribution >= 0.6 is 0 Å². The maximum absolute atomic E-state index is 11.4. The van der Waals surface area contributed by atoms with Crippen LogP contribution in [0.1, 0.15) is 41.0 Å². The Morgan fingerprint density at radius 2 is 1.82 bits per heavy atom. The molecule has 3 N–H and O–H groups in total. The summed E-state index contributed by atoms with van der Waals surface area (Å²) in [5, 5.41) is 2.96. The molecule has 0 fully saturated rings. The highest BCUT2D eigenvalue weighted by atomic mass is 16.6. The molecule has 5 nitrogen and oxygen atoms in total. The fourth-order valence-electron chi connectivity index (χ4n) is 1.39. The zero-order valence-corrected chi connectivity index (χ0v) is 11.4. The Hall–Kier alpha value is -1.10. The highest BCUT2D eigenvalue weighted by molar-refractivity contribution is 5.80. The average molecular weight is 244 g/mol. The molecule has 0 rings (SSSR count). The second kappa shape index (κ2) is 6.59. The van der Waals surface area contributed by atoms with Gasteiger partial charge < -0.3 is 15.8 Å². The number of rotatable bonds is 6. The predicted molar refractivity (Wildman–Crippen MR) is 66.3 cm³/mol. The van der Waals surface area contributed by atoms with E-state index in [0.717, 1.165) is 0 Å². The number of hydrogen-bond donors (Lipinski definition) is 2. The van der Waals surface area contributed by atoms with Crippen molar-refractivity contribution in [1.82, 2.24) is 5.32 Å². The molecule has 0 aromatic heterocycles. The number of carbonyl (C=O) groups is 2. The van der Waals surface area contributed by atoms with Crippen molar-refractivity contribution in [3.05, 3.63) is 0 Å². The van der Waals surface area contributed by atoms with Gasteiger partial charge in [0.2, 0.25) is 5.91 Å². The van der Waals surface area contributed by atoms with Crippen LogP contribution in [0.3, 0.4) is 0 Å². The summed E-state index contributed by atoms with van der Waals surface area (Å²) in [6.45, 7) is 9.64. The Kier molecular flexibility index (Phi) is 6.16. The summed E-state index contributed by atoms with van der Waals surface area (Å²) >= 11 is 0. The van der Waals surface area contributed by atoms with Crippen LogP contribution in [0.4, 0.5) is 0 Å². The van der Waals surface area contributed by atoms with E-state index in [-0.39, 0.29) is 18.3 Å². The summed E-state index contributed by atoms with van der Waals surface area (Å²) in [5.74, 6) is -0.577. The molecule has 0 saturated carbocycles. The van der Waals surface area contributed by atoms with Crippen molar-refractivity contribution in [2.45, 2.75) is 52.7 Å². The van der Waals surface area contributed by atoms with Gasteiger partial charge in [-0.15, -0.1) is 0 Å². The normalized spacial score (nSPS) is 13.5. The number of amides is 1. The zero-order chi connectivity index (χ0) is 13.6. The molecule has 0 aliphatic heterocycles. The molecule has 17 heavy (non-hydrogen) atoms. The summed E-state index contributed by atoms with van der Waals surface area (Å²) in [7, 11) is 0. The van der Waals surface area contributed by atoms with E-state index in [0.29, 0.717) is 6.54 Å². The first-order valence-electron chi connectivity index (χ1n) is 5.88. The van der Waals surface area contributed by atoms with E-state index in [1.807, 2.05) is 34.6 Å². The lowest BCUT2D eigenvalue weighted by Crippen LogP contribution is -2.45. The molecule has 0 spiro atoms. The van der Waals surface area contributed by atoms with Crippen LogP contribution in [-0.4, -0.2) is 30.1 Å². The van der Waals surface area contributed by atoms with Crippen molar-refractivity contribution in [1.29, 1.82) is 0 Å². The molecule has 0 aromatic rings. The van der Waals surface area contributed by atoms with E-state index >= 15 is 0 Å². The third-order valence-electron chi connectivity index (χ3n) is 2.09. The van der Waals surface area contributed by atoms with Gasteiger partial charge in [0.15, 0.2) is 0 Å². The van der Waals surface area contributed by atoms with E-state index in [4.69, 9.17) is 10.5 Å². The zero-order valence-electron chi connectivity index (χ0n) is 11.4. The third-order valence-corrected chi connectivity index (χ3v) is 2.09. The van der Waals surface area contributed by atoms with Gasteiger partial charge in [-0.1, -0.05) is 13.8 Å². The van der Waals surface area contributed by atoms with Crippen molar-refractivity contribution >= 4 is 11.9 Å². The topological polar surface area (TPSA) is 81.4 Å². The SMILES string of the molecule is CC(C)C(NCCC(=O)OC(C)(C)C)C(N)=O. The smallest absolute Gasteiger partial charge is 0.307 e. The number of ether oxygens (including phenoxy) is 1. The maximum Gasteiger partial charge on any atom is 0.307 e. The fraction of sp³-hybridized carbons (Fsp3) is 0.833. The van der Waals surface area contributed by atoms with Gasteiger partial charge in [-0.05, 0) is 26.7 Å². The Morgan fingerprint density at radius 1 is 1.29 bits per heavy atom. The molecule has 0 bridgehead atoms. The predicted octanol–water partition coefficient (Wildman–Crippen LogP) is 0.818. The lowest BCUT2D eigenvalue weighted by molar-refractivity contribution is -0.154. The number of nitrogens with one attached hydrogen (secondary N) is 1. The number of nitrogens with two attached hydrogens (primary N) is 1. The highest BCUT2D eigenvalue weighted by Gasteiger charge is 2.20. The fourth-order valence-corrected chi connectivity index (χ4v) is 1.39. The third kappa shape index (κ3) is 7.74. The summed E-state index contributed by atoms with van der Waals surface area (Å²) < 4.78 is 5.15. The lowest BCUT2D eigenvalue weighted by atomic mass is 10.0. The van der Waals surface area contributed by atoms with Gasteiger partial charge in [-0.3, -0.25) is 9.59 Å². The molecule has 0 heterocycles. The van der Waals surface area contributed by atoms with Gasteiger partial charge in [0.25, 0.3) is 0 Å². The van der Waals surface area contributed by atoms with Crippen LogP contribution in [-0.2, 0) is 14.3 Å². The number of hydrogen-bond acceptors (Lipinski definition) is 4.